The Hall–Kier alpha value is -2.52. The van der Waals surface area contributed by atoms with E-state index in [4.69, 9.17) is 0 Å². The zero-order valence-electron chi connectivity index (χ0n) is 15.9. The van der Waals surface area contributed by atoms with E-state index in [0.717, 1.165) is 22.3 Å². The first-order valence-electron chi connectivity index (χ1n) is 8.62. The first-order chi connectivity index (χ1) is 12.6. The average molecular weight is 387 g/mol. The normalized spacial score (nSPS) is 12.7. The van der Waals surface area contributed by atoms with Crippen molar-refractivity contribution in [2.45, 2.75) is 39.3 Å². The van der Waals surface area contributed by atoms with Crippen LogP contribution in [-0.4, -0.2) is 22.2 Å². The number of carbonyl (C=O) groups is 2. The highest BCUT2D eigenvalue weighted by Gasteiger charge is 2.56. The van der Waals surface area contributed by atoms with Crippen LogP contribution in [0.25, 0.3) is 0 Å². The van der Waals surface area contributed by atoms with E-state index in [9.17, 15) is 24.4 Å². The van der Waals surface area contributed by atoms with Crippen molar-refractivity contribution < 1.29 is 24.4 Å². The summed E-state index contributed by atoms with van der Waals surface area (Å²) in [6.45, 7) is 7.40. The maximum absolute atomic E-state index is 12.8. The van der Waals surface area contributed by atoms with Crippen molar-refractivity contribution in [3.05, 3.63) is 69.8 Å². The Bertz CT molecular complexity index is 852. The summed E-state index contributed by atoms with van der Waals surface area (Å²) >= 11 is 0. The van der Waals surface area contributed by atoms with Crippen molar-refractivity contribution in [1.29, 1.82) is 0 Å². The largest absolute Gasteiger partial charge is 0.481 e. The quantitative estimate of drug-likeness (QED) is 0.689. The molecule has 5 nitrogen and oxygen atoms in total. The molecule has 6 heteroatoms. The van der Waals surface area contributed by atoms with E-state index in [1.165, 1.54) is 0 Å². The lowest BCUT2D eigenvalue weighted by Gasteiger charge is -2.30. The van der Waals surface area contributed by atoms with Crippen molar-refractivity contribution in [2.24, 2.45) is 5.92 Å². The van der Waals surface area contributed by atoms with Crippen LogP contribution in [0.3, 0.4) is 0 Å². The Balaban J connectivity index is 2.98. The minimum Gasteiger partial charge on any atom is -0.481 e. The van der Waals surface area contributed by atoms with Gasteiger partial charge >= 0.3 is 20.4 Å². The molecule has 2 aromatic carbocycles. The van der Waals surface area contributed by atoms with Gasteiger partial charge in [-0.15, -0.1) is 0 Å². The second-order valence-corrected chi connectivity index (χ2v) is 8.03. The van der Waals surface area contributed by atoms with Crippen LogP contribution in [0.15, 0.2) is 36.4 Å². The second-order valence-electron chi connectivity index (χ2n) is 7.04. The van der Waals surface area contributed by atoms with E-state index in [-0.39, 0.29) is 0 Å². The fourth-order valence-electron chi connectivity index (χ4n) is 3.62. The minimum absolute atomic E-state index is 0.596. The molecule has 0 saturated carbocycles. The fraction of sp³-hybridized carbons (Fsp3) is 0.333. The van der Waals surface area contributed by atoms with E-state index in [1.54, 1.807) is 0 Å². The summed E-state index contributed by atoms with van der Waals surface area (Å²) in [5, 5.41) is 17.9. The van der Waals surface area contributed by atoms with Gasteiger partial charge in [-0.1, -0.05) is 52.1 Å². The molecule has 0 spiro atoms. The lowest BCUT2D eigenvalue weighted by Crippen LogP contribution is -2.39. The van der Waals surface area contributed by atoms with Gasteiger partial charge in [0.2, 0.25) is 5.16 Å². The SMILES string of the molecule is Cc1ccc(C)c(C([PH+]=O)(c2cc(C)ccc2C)C(CC(=O)O)C(=O)O)c1. The molecule has 2 aromatic rings. The predicted molar refractivity (Wildman–Crippen MR) is 105 cm³/mol. The molecule has 0 radical (unpaired) electrons. The van der Waals surface area contributed by atoms with Crippen LogP contribution in [0.2, 0.25) is 0 Å². The molecule has 0 aliphatic rings. The van der Waals surface area contributed by atoms with Gasteiger partial charge in [-0.25, -0.2) is 0 Å². The summed E-state index contributed by atoms with van der Waals surface area (Å²) in [5.74, 6) is -3.88. The van der Waals surface area contributed by atoms with Gasteiger partial charge < -0.3 is 10.2 Å². The number of carboxylic acid groups (broad SMARTS) is 2. The lowest BCUT2D eigenvalue weighted by atomic mass is 9.74. The molecule has 27 heavy (non-hydrogen) atoms. The molecule has 0 aliphatic carbocycles. The zero-order chi connectivity index (χ0) is 20.4. The number of hydrogen-bond donors (Lipinski definition) is 2. The fourth-order valence-corrected chi connectivity index (χ4v) is 4.75. The van der Waals surface area contributed by atoms with Gasteiger partial charge in [-0.3, -0.25) is 9.59 Å². The van der Waals surface area contributed by atoms with E-state index in [0.29, 0.717) is 11.1 Å². The number of aryl methyl sites for hydroxylation is 4. The predicted octanol–water partition coefficient (Wildman–Crippen LogP) is 4.36. The highest BCUT2D eigenvalue weighted by molar-refractivity contribution is 7.26. The molecule has 2 atom stereocenters. The molecule has 2 unspecified atom stereocenters. The maximum atomic E-state index is 12.8. The third-order valence-electron chi connectivity index (χ3n) is 5.00. The van der Waals surface area contributed by atoms with Crippen LogP contribution in [0, 0.1) is 33.6 Å². The number of aliphatic carboxylic acids is 2. The van der Waals surface area contributed by atoms with E-state index in [2.05, 4.69) is 0 Å². The van der Waals surface area contributed by atoms with Gasteiger partial charge in [0, 0.05) is 11.1 Å². The molecule has 0 heterocycles. The van der Waals surface area contributed by atoms with Crippen molar-refractivity contribution in [2.75, 3.05) is 0 Å². The van der Waals surface area contributed by atoms with Crippen LogP contribution in [0.4, 0.5) is 0 Å². The second kappa shape index (κ2) is 8.01. The Morgan fingerprint density at radius 2 is 1.37 bits per heavy atom. The third kappa shape index (κ3) is 3.93. The molecular formula is C21H24O5P+. The Morgan fingerprint density at radius 1 is 0.926 bits per heavy atom. The average Bonchev–Trinajstić information content (AvgIpc) is 2.60. The topological polar surface area (TPSA) is 91.7 Å². The van der Waals surface area contributed by atoms with E-state index < -0.39 is 37.9 Å². The highest BCUT2D eigenvalue weighted by Crippen LogP contribution is 2.52. The zero-order valence-corrected chi connectivity index (χ0v) is 16.9. The summed E-state index contributed by atoms with van der Waals surface area (Å²) in [7, 11) is -1.06. The summed E-state index contributed by atoms with van der Waals surface area (Å²) in [6.07, 6.45) is -0.620. The van der Waals surface area contributed by atoms with Crippen LogP contribution >= 0.6 is 8.46 Å². The maximum Gasteiger partial charge on any atom is 0.341 e. The molecule has 0 bridgehead atoms. The summed E-state index contributed by atoms with van der Waals surface area (Å²) < 4.78 is 12.8. The van der Waals surface area contributed by atoms with E-state index in [1.807, 2.05) is 64.1 Å². The molecule has 0 saturated heterocycles. The molecule has 0 aromatic heterocycles. The van der Waals surface area contributed by atoms with Crippen LogP contribution in [-0.2, 0) is 19.3 Å². The first-order valence-corrected chi connectivity index (χ1v) is 9.53. The van der Waals surface area contributed by atoms with Gasteiger partial charge in [0.1, 0.15) is 5.92 Å². The molecule has 0 aliphatic heterocycles. The standard InChI is InChI=1S/C21H23O5P/c1-12-5-7-14(3)16(9-12)21(27-26,18(20(24)25)11-19(22)23)17-10-13(2)6-8-15(17)4/h5-10,18H,11H2,1-4H3,(H,22,23)(H,24,25)/p+1. The van der Waals surface area contributed by atoms with E-state index >= 15 is 0 Å². The van der Waals surface area contributed by atoms with Gasteiger partial charge in [0.05, 0.1) is 6.42 Å². The molecule has 142 valence electrons. The van der Waals surface area contributed by atoms with Crippen LogP contribution in [0.5, 0.6) is 0 Å². The summed E-state index contributed by atoms with van der Waals surface area (Å²) in [4.78, 5) is 23.7. The van der Waals surface area contributed by atoms with Crippen LogP contribution in [0.1, 0.15) is 39.8 Å². The number of rotatable bonds is 7. The smallest absolute Gasteiger partial charge is 0.341 e. The molecule has 2 N–H and O–H groups in total. The lowest BCUT2D eigenvalue weighted by molar-refractivity contribution is -0.149. The Morgan fingerprint density at radius 3 is 1.70 bits per heavy atom. The summed E-state index contributed by atoms with van der Waals surface area (Å²) in [6, 6.07) is 11.1. The van der Waals surface area contributed by atoms with Crippen molar-refractivity contribution in [1.82, 2.24) is 0 Å². The summed E-state index contributed by atoms with van der Waals surface area (Å²) in [5.41, 5.74) is 4.53. The Labute approximate surface area is 160 Å². The molecule has 2 rings (SSSR count). The first kappa shape index (κ1) is 20.8. The molecule has 0 amide bonds. The van der Waals surface area contributed by atoms with Crippen molar-refractivity contribution in [3.8, 4) is 0 Å². The monoisotopic (exact) mass is 387 g/mol. The molecule has 0 fully saturated rings. The highest BCUT2D eigenvalue weighted by atomic mass is 31.1. The van der Waals surface area contributed by atoms with Crippen molar-refractivity contribution >= 4 is 20.4 Å². The minimum atomic E-state index is -1.45. The van der Waals surface area contributed by atoms with Gasteiger partial charge in [0.15, 0.2) is 0 Å². The van der Waals surface area contributed by atoms with Gasteiger partial charge in [0.25, 0.3) is 0 Å². The van der Waals surface area contributed by atoms with Gasteiger partial charge in [-0.05, 0) is 38.8 Å². The van der Waals surface area contributed by atoms with Crippen LogP contribution < -0.4 is 0 Å². The van der Waals surface area contributed by atoms with Crippen molar-refractivity contribution in [3.63, 3.8) is 0 Å². The number of benzene rings is 2. The number of carboxylic acids is 2. The number of hydrogen-bond acceptors (Lipinski definition) is 3. The molecular weight excluding hydrogens is 363 g/mol. The Kier molecular flexibility index (Phi) is 6.17. The third-order valence-corrected chi connectivity index (χ3v) is 6.21. The van der Waals surface area contributed by atoms with Gasteiger partial charge in [-0.2, -0.15) is 0 Å².